The summed E-state index contributed by atoms with van der Waals surface area (Å²) in [6.45, 7) is 5.92. The third-order valence-electron chi connectivity index (χ3n) is 4.83. The summed E-state index contributed by atoms with van der Waals surface area (Å²) >= 11 is 5.95. The van der Waals surface area contributed by atoms with Crippen LogP contribution in [-0.2, 0) is 16.1 Å². The van der Waals surface area contributed by atoms with E-state index in [0.717, 1.165) is 5.56 Å². The molecule has 2 amide bonds. The summed E-state index contributed by atoms with van der Waals surface area (Å²) in [5.74, 6) is -0.182. The molecule has 10 heteroatoms. The topological polar surface area (TPSA) is 111 Å². The SMILES string of the molecule is COc1cc(OCC(=O)N(Cc2ccc(Cl)cc2)[C@@H](C)C(=O)NCC(C)C)ccc1[N+](=O)[O-]. The number of methoxy groups -OCH3 is 1. The van der Waals surface area contributed by atoms with Crippen molar-refractivity contribution >= 4 is 29.1 Å². The van der Waals surface area contributed by atoms with Crippen LogP contribution in [0, 0.1) is 16.0 Å². The van der Waals surface area contributed by atoms with Crippen molar-refractivity contribution in [2.45, 2.75) is 33.4 Å². The molecule has 0 heterocycles. The first-order chi connectivity index (χ1) is 15.6. The van der Waals surface area contributed by atoms with Crippen molar-refractivity contribution in [3.8, 4) is 11.5 Å². The molecule has 0 aromatic heterocycles. The van der Waals surface area contributed by atoms with E-state index in [1.807, 2.05) is 13.8 Å². The van der Waals surface area contributed by atoms with Gasteiger partial charge in [-0.3, -0.25) is 19.7 Å². The summed E-state index contributed by atoms with van der Waals surface area (Å²) in [5, 5.41) is 14.5. The molecule has 178 valence electrons. The smallest absolute Gasteiger partial charge is 0.311 e. The summed E-state index contributed by atoms with van der Waals surface area (Å²) in [6, 6.07) is 10.2. The fraction of sp³-hybridized carbons (Fsp3) is 0.391. The van der Waals surface area contributed by atoms with Crippen molar-refractivity contribution in [3.63, 3.8) is 0 Å². The van der Waals surface area contributed by atoms with Gasteiger partial charge in [-0.05, 0) is 36.6 Å². The molecule has 2 aromatic carbocycles. The van der Waals surface area contributed by atoms with Crippen molar-refractivity contribution in [1.29, 1.82) is 0 Å². The van der Waals surface area contributed by atoms with Crippen LogP contribution in [0.4, 0.5) is 5.69 Å². The van der Waals surface area contributed by atoms with Crippen LogP contribution in [0.5, 0.6) is 11.5 Å². The number of nitrogens with zero attached hydrogens (tertiary/aromatic N) is 2. The number of ether oxygens (including phenoxy) is 2. The molecular formula is C23H28ClN3O6. The summed E-state index contributed by atoms with van der Waals surface area (Å²) in [6.07, 6.45) is 0. The molecule has 0 fully saturated rings. The van der Waals surface area contributed by atoms with Crippen LogP contribution in [0.25, 0.3) is 0 Å². The molecule has 1 atom stereocenters. The maximum Gasteiger partial charge on any atom is 0.311 e. The van der Waals surface area contributed by atoms with Gasteiger partial charge in [-0.15, -0.1) is 0 Å². The van der Waals surface area contributed by atoms with Crippen LogP contribution < -0.4 is 14.8 Å². The maximum atomic E-state index is 13.1. The molecule has 0 spiro atoms. The Morgan fingerprint density at radius 3 is 2.39 bits per heavy atom. The lowest BCUT2D eigenvalue weighted by atomic mass is 10.1. The molecule has 1 N–H and O–H groups in total. The van der Waals surface area contributed by atoms with Crippen LogP contribution in [0.2, 0.25) is 5.02 Å². The number of nitro benzene ring substituents is 1. The van der Waals surface area contributed by atoms with Crippen LogP contribution >= 0.6 is 11.6 Å². The fourth-order valence-corrected chi connectivity index (χ4v) is 3.07. The van der Waals surface area contributed by atoms with E-state index >= 15 is 0 Å². The summed E-state index contributed by atoms with van der Waals surface area (Å²) in [4.78, 5) is 37.6. The number of benzene rings is 2. The van der Waals surface area contributed by atoms with Gasteiger partial charge in [-0.1, -0.05) is 37.6 Å². The Labute approximate surface area is 197 Å². The second kappa shape index (κ2) is 12.1. The Balaban J connectivity index is 2.17. The lowest BCUT2D eigenvalue weighted by Gasteiger charge is -2.29. The number of carbonyl (C=O) groups excluding carboxylic acids is 2. The summed E-state index contributed by atoms with van der Waals surface area (Å²) in [5.41, 5.74) is 0.587. The summed E-state index contributed by atoms with van der Waals surface area (Å²) in [7, 11) is 1.31. The van der Waals surface area contributed by atoms with Crippen molar-refractivity contribution in [2.24, 2.45) is 5.92 Å². The van der Waals surface area contributed by atoms with Crippen LogP contribution in [0.15, 0.2) is 42.5 Å². The highest BCUT2D eigenvalue weighted by atomic mass is 35.5. The van der Waals surface area contributed by atoms with Gasteiger partial charge in [0, 0.05) is 30.2 Å². The number of hydrogen-bond acceptors (Lipinski definition) is 6. The number of nitro groups is 1. The minimum Gasteiger partial charge on any atom is -0.490 e. The maximum absolute atomic E-state index is 13.1. The molecular weight excluding hydrogens is 450 g/mol. The Morgan fingerprint density at radius 1 is 1.15 bits per heavy atom. The molecule has 9 nitrogen and oxygen atoms in total. The number of nitrogens with one attached hydrogen (secondary N) is 1. The monoisotopic (exact) mass is 477 g/mol. The Kier molecular flexibility index (Phi) is 9.47. The molecule has 0 radical (unpaired) electrons. The molecule has 0 bridgehead atoms. The minimum absolute atomic E-state index is 0.0180. The second-order valence-corrected chi connectivity index (χ2v) is 8.28. The largest absolute Gasteiger partial charge is 0.490 e. The standard InChI is InChI=1S/C23H28ClN3O6/c1-15(2)12-25-23(29)16(3)26(13-17-5-7-18(24)8-6-17)22(28)14-33-19-9-10-20(27(30)31)21(11-19)32-4/h5-11,15-16H,12-14H2,1-4H3,(H,25,29)/t16-/m0/s1. The van der Waals surface area contributed by atoms with Gasteiger partial charge in [-0.2, -0.15) is 0 Å². The fourth-order valence-electron chi connectivity index (χ4n) is 2.95. The number of carbonyl (C=O) groups is 2. The first-order valence-corrected chi connectivity index (χ1v) is 10.8. The quantitative estimate of drug-likeness (QED) is 0.389. The number of hydrogen-bond donors (Lipinski definition) is 1. The molecule has 2 aromatic rings. The Hall–Kier alpha value is -3.33. The molecule has 0 saturated heterocycles. The first kappa shape index (κ1) is 25.9. The predicted octanol–water partition coefficient (Wildman–Crippen LogP) is 3.83. The molecule has 0 aliphatic carbocycles. The molecule has 33 heavy (non-hydrogen) atoms. The number of rotatable bonds is 11. The van der Waals surface area contributed by atoms with Gasteiger partial charge in [0.2, 0.25) is 11.7 Å². The zero-order valence-corrected chi connectivity index (χ0v) is 19.8. The number of amides is 2. The van der Waals surface area contributed by atoms with E-state index < -0.39 is 16.9 Å². The van der Waals surface area contributed by atoms with Gasteiger partial charge in [0.1, 0.15) is 11.8 Å². The van der Waals surface area contributed by atoms with E-state index in [2.05, 4.69) is 5.32 Å². The van der Waals surface area contributed by atoms with E-state index in [4.69, 9.17) is 21.1 Å². The predicted molar refractivity (Wildman–Crippen MR) is 124 cm³/mol. The minimum atomic E-state index is -0.748. The Morgan fingerprint density at radius 2 is 1.82 bits per heavy atom. The van der Waals surface area contributed by atoms with Gasteiger partial charge in [0.05, 0.1) is 12.0 Å². The molecule has 0 unspecified atom stereocenters. The second-order valence-electron chi connectivity index (χ2n) is 7.84. The number of halogens is 1. The molecule has 0 saturated carbocycles. The van der Waals surface area contributed by atoms with Gasteiger partial charge in [-0.25, -0.2) is 0 Å². The van der Waals surface area contributed by atoms with Crippen molar-refractivity contribution in [2.75, 3.05) is 20.3 Å². The molecule has 0 aliphatic rings. The zero-order valence-electron chi connectivity index (χ0n) is 19.0. The average molecular weight is 478 g/mol. The Bertz CT molecular complexity index is 981. The van der Waals surface area contributed by atoms with Crippen LogP contribution in [0.1, 0.15) is 26.3 Å². The highest BCUT2D eigenvalue weighted by Crippen LogP contribution is 2.30. The van der Waals surface area contributed by atoms with Crippen LogP contribution in [-0.4, -0.2) is 47.9 Å². The molecule has 0 aliphatic heterocycles. The zero-order chi connectivity index (χ0) is 24.5. The van der Waals surface area contributed by atoms with E-state index in [1.54, 1.807) is 31.2 Å². The van der Waals surface area contributed by atoms with Crippen molar-refractivity contribution < 1.29 is 24.0 Å². The summed E-state index contributed by atoms with van der Waals surface area (Å²) < 4.78 is 10.6. The van der Waals surface area contributed by atoms with Crippen LogP contribution in [0.3, 0.4) is 0 Å². The third kappa shape index (κ3) is 7.64. The van der Waals surface area contributed by atoms with Gasteiger partial charge < -0.3 is 19.7 Å². The molecule has 2 rings (SSSR count). The highest BCUT2D eigenvalue weighted by Gasteiger charge is 2.27. The third-order valence-corrected chi connectivity index (χ3v) is 5.08. The van der Waals surface area contributed by atoms with Crippen molar-refractivity contribution in [1.82, 2.24) is 10.2 Å². The van der Waals surface area contributed by atoms with Gasteiger partial charge in [0.25, 0.3) is 5.91 Å². The lowest BCUT2D eigenvalue weighted by molar-refractivity contribution is -0.385. The van der Waals surface area contributed by atoms with E-state index in [9.17, 15) is 19.7 Å². The van der Waals surface area contributed by atoms with Gasteiger partial charge in [0.15, 0.2) is 6.61 Å². The van der Waals surface area contributed by atoms with E-state index in [1.165, 1.54) is 30.2 Å². The first-order valence-electron chi connectivity index (χ1n) is 10.4. The average Bonchev–Trinajstić information content (AvgIpc) is 2.79. The van der Waals surface area contributed by atoms with Crippen molar-refractivity contribution in [3.05, 3.63) is 63.2 Å². The lowest BCUT2D eigenvalue weighted by Crippen LogP contribution is -2.49. The highest BCUT2D eigenvalue weighted by molar-refractivity contribution is 6.30. The van der Waals surface area contributed by atoms with Gasteiger partial charge >= 0.3 is 5.69 Å². The van der Waals surface area contributed by atoms with E-state index in [-0.39, 0.29) is 42.2 Å². The van der Waals surface area contributed by atoms with E-state index in [0.29, 0.717) is 11.6 Å². The normalized spacial score (nSPS) is 11.6.